The maximum Gasteiger partial charge on any atom is 0.272 e. The lowest BCUT2D eigenvalue weighted by Crippen LogP contribution is -2.30. The number of aryl methyl sites for hydroxylation is 1. The molecule has 0 aliphatic carbocycles. The zero-order chi connectivity index (χ0) is 31.6. The molecule has 224 valence electrons. The van der Waals surface area contributed by atoms with Gasteiger partial charge in [0, 0.05) is 26.9 Å². The third-order valence-electron chi connectivity index (χ3n) is 6.70. The number of anilines is 2. The van der Waals surface area contributed by atoms with Gasteiger partial charge in [-0.05, 0) is 84.8 Å². The van der Waals surface area contributed by atoms with Crippen LogP contribution < -0.4 is 16.0 Å². The predicted molar refractivity (Wildman–Crippen MR) is 183 cm³/mol. The maximum absolute atomic E-state index is 13.4. The molecule has 0 aliphatic rings. The fourth-order valence-corrected chi connectivity index (χ4v) is 5.61. The van der Waals surface area contributed by atoms with E-state index in [1.54, 1.807) is 66.7 Å². The second-order valence-electron chi connectivity index (χ2n) is 10.2. The standard InChI is InChI=1S/C37H30ClN3O3S/c1-25-9-8-10-26(23-25)24-33(41-35(42)28-13-6-3-7-14-28)36(43)39-31-19-21-32(22-20-31)45-34(27-11-4-2-5-12-27)37(44)40-30-17-15-29(38)16-18-30/h2-24,34H,1H3,(H,39,43)(H,40,44)(H,41,42)/b33-24-. The van der Waals surface area contributed by atoms with Crippen molar-refractivity contribution in [1.82, 2.24) is 5.32 Å². The topological polar surface area (TPSA) is 87.3 Å². The molecule has 0 saturated carbocycles. The lowest BCUT2D eigenvalue weighted by atomic mass is 10.1. The van der Waals surface area contributed by atoms with E-state index in [9.17, 15) is 14.4 Å². The summed E-state index contributed by atoms with van der Waals surface area (Å²) in [4.78, 5) is 40.6. The Balaban J connectivity index is 1.32. The van der Waals surface area contributed by atoms with Gasteiger partial charge in [-0.15, -0.1) is 11.8 Å². The highest BCUT2D eigenvalue weighted by molar-refractivity contribution is 8.00. The first-order chi connectivity index (χ1) is 21.8. The van der Waals surface area contributed by atoms with Gasteiger partial charge in [0.1, 0.15) is 10.9 Å². The lowest BCUT2D eigenvalue weighted by molar-refractivity contribution is -0.116. The largest absolute Gasteiger partial charge is 0.325 e. The number of thioether (sulfide) groups is 1. The molecule has 6 nitrogen and oxygen atoms in total. The molecule has 45 heavy (non-hydrogen) atoms. The van der Waals surface area contributed by atoms with E-state index >= 15 is 0 Å². The Kier molecular flexibility index (Phi) is 10.5. The summed E-state index contributed by atoms with van der Waals surface area (Å²) in [6, 6.07) is 40.1. The molecular weight excluding hydrogens is 602 g/mol. The van der Waals surface area contributed by atoms with E-state index < -0.39 is 11.2 Å². The third-order valence-corrected chi connectivity index (χ3v) is 8.22. The van der Waals surface area contributed by atoms with Crippen LogP contribution in [-0.2, 0) is 9.59 Å². The molecule has 0 saturated heterocycles. The molecule has 1 atom stereocenters. The third kappa shape index (κ3) is 8.95. The van der Waals surface area contributed by atoms with Crippen LogP contribution >= 0.6 is 23.4 Å². The van der Waals surface area contributed by atoms with Gasteiger partial charge < -0.3 is 16.0 Å². The first-order valence-electron chi connectivity index (χ1n) is 14.2. The van der Waals surface area contributed by atoms with Gasteiger partial charge in [-0.2, -0.15) is 0 Å². The number of halogens is 1. The van der Waals surface area contributed by atoms with Crippen LogP contribution in [0.25, 0.3) is 6.08 Å². The van der Waals surface area contributed by atoms with Gasteiger partial charge in [0.25, 0.3) is 11.8 Å². The minimum atomic E-state index is -0.528. The Morgan fingerprint density at radius 2 is 1.33 bits per heavy atom. The van der Waals surface area contributed by atoms with Crippen LogP contribution in [0, 0.1) is 6.92 Å². The molecule has 5 aromatic rings. The maximum atomic E-state index is 13.4. The van der Waals surface area contributed by atoms with Crippen LogP contribution in [0.2, 0.25) is 5.02 Å². The second-order valence-corrected chi connectivity index (χ2v) is 11.8. The zero-order valence-corrected chi connectivity index (χ0v) is 25.9. The van der Waals surface area contributed by atoms with Crippen LogP contribution in [0.1, 0.15) is 32.3 Å². The molecular formula is C37H30ClN3O3S. The Hall–Kier alpha value is -5.11. The summed E-state index contributed by atoms with van der Waals surface area (Å²) in [7, 11) is 0. The van der Waals surface area contributed by atoms with E-state index in [2.05, 4.69) is 16.0 Å². The number of carbonyl (C=O) groups is 3. The highest BCUT2D eigenvalue weighted by atomic mass is 35.5. The molecule has 0 fully saturated rings. The first-order valence-corrected chi connectivity index (χ1v) is 15.4. The van der Waals surface area contributed by atoms with Crippen LogP contribution in [0.3, 0.4) is 0 Å². The Bertz CT molecular complexity index is 1810. The molecule has 0 spiro atoms. The van der Waals surface area contributed by atoms with Crippen molar-refractivity contribution in [1.29, 1.82) is 0 Å². The Morgan fingerprint density at radius 1 is 0.711 bits per heavy atom. The van der Waals surface area contributed by atoms with Crippen molar-refractivity contribution >= 4 is 58.5 Å². The fraction of sp³-hybridized carbons (Fsp3) is 0.0541. The van der Waals surface area contributed by atoms with Crippen molar-refractivity contribution in [2.24, 2.45) is 0 Å². The Morgan fingerprint density at radius 3 is 2.00 bits per heavy atom. The van der Waals surface area contributed by atoms with E-state index in [-0.39, 0.29) is 17.5 Å². The van der Waals surface area contributed by atoms with E-state index in [0.717, 1.165) is 21.6 Å². The molecule has 0 heterocycles. The van der Waals surface area contributed by atoms with Gasteiger partial charge in [0.05, 0.1) is 0 Å². The normalized spacial score (nSPS) is 11.7. The number of benzene rings is 5. The minimum absolute atomic E-state index is 0.107. The number of rotatable bonds is 10. The summed E-state index contributed by atoms with van der Waals surface area (Å²) in [5.74, 6) is -1.03. The number of nitrogens with one attached hydrogen (secondary N) is 3. The smallest absolute Gasteiger partial charge is 0.272 e. The molecule has 1 unspecified atom stereocenters. The highest BCUT2D eigenvalue weighted by Crippen LogP contribution is 2.37. The van der Waals surface area contributed by atoms with Gasteiger partial charge in [0.15, 0.2) is 0 Å². The van der Waals surface area contributed by atoms with Gasteiger partial charge >= 0.3 is 0 Å². The quantitative estimate of drug-likeness (QED) is 0.106. The summed E-state index contributed by atoms with van der Waals surface area (Å²) >= 11 is 7.40. The number of hydrogen-bond acceptors (Lipinski definition) is 4. The van der Waals surface area contributed by atoms with E-state index in [0.29, 0.717) is 22.0 Å². The van der Waals surface area contributed by atoms with E-state index in [1.165, 1.54) is 11.8 Å². The average molecular weight is 632 g/mol. The zero-order valence-electron chi connectivity index (χ0n) is 24.4. The summed E-state index contributed by atoms with van der Waals surface area (Å²) < 4.78 is 0. The van der Waals surface area contributed by atoms with E-state index in [1.807, 2.05) is 79.7 Å². The second kappa shape index (κ2) is 15.1. The van der Waals surface area contributed by atoms with Crippen molar-refractivity contribution in [3.63, 3.8) is 0 Å². The fourth-order valence-electron chi connectivity index (χ4n) is 4.46. The van der Waals surface area contributed by atoms with Gasteiger partial charge in [0.2, 0.25) is 5.91 Å². The van der Waals surface area contributed by atoms with Crippen molar-refractivity contribution < 1.29 is 14.4 Å². The molecule has 0 radical (unpaired) electrons. The number of hydrogen-bond donors (Lipinski definition) is 3. The Labute approximate surface area is 271 Å². The van der Waals surface area contributed by atoms with Crippen LogP contribution in [0.4, 0.5) is 11.4 Å². The summed E-state index contributed by atoms with van der Waals surface area (Å²) in [6.07, 6.45) is 1.65. The predicted octanol–water partition coefficient (Wildman–Crippen LogP) is 8.53. The average Bonchev–Trinajstić information content (AvgIpc) is 3.06. The molecule has 3 amide bonds. The SMILES string of the molecule is Cc1cccc(/C=C(\NC(=O)c2ccccc2)C(=O)Nc2ccc(SC(C(=O)Nc3ccc(Cl)cc3)c3ccccc3)cc2)c1. The van der Waals surface area contributed by atoms with Crippen LogP contribution in [0.15, 0.2) is 144 Å². The molecule has 3 N–H and O–H groups in total. The summed E-state index contributed by atoms with van der Waals surface area (Å²) in [5, 5.41) is 8.68. The van der Waals surface area contributed by atoms with Gasteiger partial charge in [-0.25, -0.2) is 0 Å². The molecule has 8 heteroatoms. The molecule has 0 aromatic heterocycles. The van der Waals surface area contributed by atoms with Crippen molar-refractivity contribution in [2.45, 2.75) is 17.1 Å². The van der Waals surface area contributed by atoms with Crippen LogP contribution in [-0.4, -0.2) is 17.7 Å². The van der Waals surface area contributed by atoms with Gasteiger partial charge in [-0.1, -0.05) is 90.0 Å². The molecule has 0 bridgehead atoms. The monoisotopic (exact) mass is 631 g/mol. The van der Waals surface area contributed by atoms with Crippen molar-refractivity contribution in [2.75, 3.05) is 10.6 Å². The first kappa shape index (κ1) is 31.3. The molecule has 5 aromatic carbocycles. The minimum Gasteiger partial charge on any atom is -0.325 e. The summed E-state index contributed by atoms with van der Waals surface area (Å²) in [6.45, 7) is 1.96. The molecule has 0 aliphatic heterocycles. The van der Waals surface area contributed by atoms with Crippen LogP contribution in [0.5, 0.6) is 0 Å². The molecule has 5 rings (SSSR count). The number of carbonyl (C=O) groups excluding carboxylic acids is 3. The van der Waals surface area contributed by atoms with Gasteiger partial charge in [-0.3, -0.25) is 14.4 Å². The summed E-state index contributed by atoms with van der Waals surface area (Å²) in [5.41, 5.74) is 4.40. The highest BCUT2D eigenvalue weighted by Gasteiger charge is 2.22. The van der Waals surface area contributed by atoms with Crippen molar-refractivity contribution in [3.05, 3.63) is 166 Å². The van der Waals surface area contributed by atoms with E-state index in [4.69, 9.17) is 11.6 Å². The van der Waals surface area contributed by atoms with Crippen molar-refractivity contribution in [3.8, 4) is 0 Å². The lowest BCUT2D eigenvalue weighted by Gasteiger charge is -2.17. The number of amides is 3.